The van der Waals surface area contributed by atoms with Gasteiger partial charge in [0.05, 0.1) is 31.4 Å². The predicted molar refractivity (Wildman–Crippen MR) is 84.8 cm³/mol. The van der Waals surface area contributed by atoms with Crippen molar-refractivity contribution in [1.29, 1.82) is 0 Å². The first-order valence-corrected chi connectivity index (χ1v) is 7.99. The number of halogens is 1. The largest absolute Gasteiger partial charge is 1.00 e. The quantitative estimate of drug-likeness (QED) is 0.538. The third-order valence-electron chi connectivity index (χ3n) is 2.92. The molecular formula is C14H19BrLiO4P. The number of rotatable bonds is 7. The van der Waals surface area contributed by atoms with E-state index in [1.807, 2.05) is 6.92 Å². The van der Waals surface area contributed by atoms with Gasteiger partial charge in [-0.05, 0) is 15.9 Å². The van der Waals surface area contributed by atoms with Gasteiger partial charge in [0, 0.05) is 11.6 Å². The van der Waals surface area contributed by atoms with Crippen molar-refractivity contribution in [3.63, 3.8) is 0 Å². The average molecular weight is 369 g/mol. The zero-order valence-corrected chi connectivity index (χ0v) is 15.8. The number of ether oxygens (including phenoxy) is 3. The Labute approximate surface area is 148 Å². The summed E-state index contributed by atoms with van der Waals surface area (Å²) in [6.07, 6.45) is 0.934. The van der Waals surface area contributed by atoms with Crippen LogP contribution in [0.4, 0.5) is 0 Å². The van der Waals surface area contributed by atoms with Crippen LogP contribution in [0.5, 0.6) is 17.2 Å². The summed E-state index contributed by atoms with van der Waals surface area (Å²) in [5.74, 6) is 1.39. The SMILES string of the molecule is CCC(C)[P-]C(=O)c1c(OC)c(Br)cc(OC)c1OC.[Li+]. The Morgan fingerprint density at radius 3 is 2.24 bits per heavy atom. The maximum absolute atomic E-state index is 12.5. The molecule has 0 saturated heterocycles. The molecule has 1 rings (SSSR count). The normalized spacial score (nSPS) is 11.9. The minimum Gasteiger partial charge on any atom is -0.495 e. The Balaban J connectivity index is 0.00000400. The summed E-state index contributed by atoms with van der Waals surface area (Å²) < 4.78 is 16.6. The molecular weight excluding hydrogens is 350 g/mol. The van der Waals surface area contributed by atoms with Gasteiger partial charge >= 0.3 is 18.9 Å². The summed E-state index contributed by atoms with van der Waals surface area (Å²) in [6.45, 7) is 4.09. The van der Waals surface area contributed by atoms with Crippen LogP contribution in [0.25, 0.3) is 0 Å². The van der Waals surface area contributed by atoms with Crippen molar-refractivity contribution in [2.24, 2.45) is 0 Å². The van der Waals surface area contributed by atoms with Gasteiger partial charge in [0.15, 0.2) is 11.5 Å². The summed E-state index contributed by atoms with van der Waals surface area (Å²) in [6, 6.07) is 1.73. The Kier molecular flexibility index (Phi) is 9.65. The van der Waals surface area contributed by atoms with Crippen LogP contribution in [0.1, 0.15) is 30.6 Å². The number of hydrogen-bond acceptors (Lipinski definition) is 4. The zero-order chi connectivity index (χ0) is 15.3. The van der Waals surface area contributed by atoms with E-state index in [4.69, 9.17) is 14.2 Å². The first-order chi connectivity index (χ1) is 9.49. The smallest absolute Gasteiger partial charge is 0.495 e. The molecule has 0 aliphatic rings. The Morgan fingerprint density at radius 2 is 1.81 bits per heavy atom. The van der Waals surface area contributed by atoms with Gasteiger partial charge in [-0.25, -0.2) is 0 Å². The van der Waals surface area contributed by atoms with Crippen molar-refractivity contribution >= 4 is 30.0 Å². The Bertz CT molecular complexity index is 496. The monoisotopic (exact) mass is 368 g/mol. The van der Waals surface area contributed by atoms with E-state index in [-0.39, 0.29) is 30.0 Å². The molecule has 7 heteroatoms. The van der Waals surface area contributed by atoms with Crippen LogP contribution in [0, 0.1) is 0 Å². The summed E-state index contributed by atoms with van der Waals surface area (Å²) in [7, 11) is 5.31. The maximum atomic E-state index is 12.5. The van der Waals surface area contributed by atoms with E-state index >= 15 is 0 Å². The molecule has 0 heterocycles. The fourth-order valence-corrected chi connectivity index (χ4v) is 3.18. The van der Waals surface area contributed by atoms with Crippen LogP contribution in [0.3, 0.4) is 0 Å². The van der Waals surface area contributed by atoms with E-state index < -0.39 is 0 Å². The second-order valence-corrected chi connectivity index (χ2v) is 6.59. The molecule has 0 spiro atoms. The molecule has 0 N–H and O–H groups in total. The molecule has 0 fully saturated rings. The Morgan fingerprint density at radius 1 is 1.24 bits per heavy atom. The van der Waals surface area contributed by atoms with Crippen LogP contribution in [-0.2, 0) is 0 Å². The summed E-state index contributed by atoms with van der Waals surface area (Å²) in [5, 5.41) is 0. The fraction of sp³-hybridized carbons (Fsp3) is 0.500. The van der Waals surface area contributed by atoms with Gasteiger partial charge in [-0.3, -0.25) is 0 Å². The van der Waals surface area contributed by atoms with Gasteiger partial charge in [-0.2, -0.15) is 5.66 Å². The van der Waals surface area contributed by atoms with Crippen LogP contribution in [-0.4, -0.2) is 32.5 Å². The van der Waals surface area contributed by atoms with Crippen molar-refractivity contribution < 1.29 is 37.9 Å². The summed E-state index contributed by atoms with van der Waals surface area (Å²) in [5.41, 5.74) is 0.665. The van der Waals surface area contributed by atoms with Gasteiger partial charge in [-0.15, -0.1) is 0 Å². The van der Waals surface area contributed by atoms with Crippen molar-refractivity contribution in [2.75, 3.05) is 21.3 Å². The van der Waals surface area contributed by atoms with Crippen molar-refractivity contribution in [3.05, 3.63) is 16.1 Å². The first-order valence-electron chi connectivity index (χ1n) is 6.23. The average Bonchev–Trinajstić information content (AvgIpc) is 2.45. The molecule has 1 aromatic rings. The van der Waals surface area contributed by atoms with Crippen LogP contribution >= 0.6 is 24.5 Å². The molecule has 21 heavy (non-hydrogen) atoms. The van der Waals surface area contributed by atoms with Gasteiger partial charge in [-0.1, -0.05) is 20.3 Å². The molecule has 4 nitrogen and oxygen atoms in total. The third-order valence-corrected chi connectivity index (χ3v) is 4.78. The van der Waals surface area contributed by atoms with Crippen LogP contribution < -0.4 is 33.1 Å². The predicted octanol–water partition coefficient (Wildman–Crippen LogP) is 1.36. The van der Waals surface area contributed by atoms with E-state index in [1.54, 1.807) is 6.07 Å². The zero-order valence-electron chi connectivity index (χ0n) is 13.3. The molecule has 1 unspecified atom stereocenters. The van der Waals surface area contributed by atoms with Gasteiger partial charge in [0.1, 0.15) is 5.75 Å². The minimum absolute atomic E-state index is 0. The van der Waals surface area contributed by atoms with E-state index in [0.29, 0.717) is 27.3 Å². The van der Waals surface area contributed by atoms with Gasteiger partial charge in [0.25, 0.3) is 0 Å². The molecule has 0 saturated carbocycles. The van der Waals surface area contributed by atoms with E-state index in [1.165, 1.54) is 21.3 Å². The van der Waals surface area contributed by atoms with E-state index in [2.05, 4.69) is 22.9 Å². The number of benzene rings is 1. The molecule has 0 aromatic heterocycles. The second kappa shape index (κ2) is 9.74. The molecule has 0 aliphatic heterocycles. The summed E-state index contributed by atoms with van der Waals surface area (Å²) in [4.78, 5) is 12.5. The van der Waals surface area contributed by atoms with Crippen molar-refractivity contribution in [1.82, 2.24) is 0 Å². The molecule has 112 valence electrons. The topological polar surface area (TPSA) is 44.8 Å². The third kappa shape index (κ3) is 4.89. The van der Waals surface area contributed by atoms with Crippen molar-refractivity contribution in [3.8, 4) is 17.2 Å². The number of methoxy groups -OCH3 is 3. The molecule has 0 radical (unpaired) electrons. The number of hydrogen-bond donors (Lipinski definition) is 0. The molecule has 0 bridgehead atoms. The fourth-order valence-electron chi connectivity index (χ4n) is 1.70. The van der Waals surface area contributed by atoms with Crippen LogP contribution in [0.15, 0.2) is 10.5 Å². The standard InChI is InChI=1S/C14H19BrO4P.Li/c1-6-8(2)20-14(16)11-12(18-4)9(15)7-10(17-3)13(11)19-5;/h7-8H,6H2,1-5H3;/q-1;+1. The Hall–Kier alpha value is -0.203. The molecule has 1 aromatic carbocycles. The number of carbonyl (C=O) groups is 1. The molecule has 0 amide bonds. The first kappa shape index (κ1) is 20.8. The maximum Gasteiger partial charge on any atom is 1.00 e. The van der Waals surface area contributed by atoms with Gasteiger partial charge < -0.3 is 27.6 Å². The minimum atomic E-state index is -0.0346. The van der Waals surface area contributed by atoms with Crippen molar-refractivity contribution in [2.45, 2.75) is 25.9 Å². The van der Waals surface area contributed by atoms with Gasteiger partial charge in [0.2, 0.25) is 0 Å². The second-order valence-electron chi connectivity index (χ2n) is 4.19. The van der Waals surface area contributed by atoms with E-state index in [9.17, 15) is 4.79 Å². The van der Waals surface area contributed by atoms with Crippen LogP contribution in [0.2, 0.25) is 0 Å². The molecule has 0 aliphatic carbocycles. The number of carbonyl (C=O) groups excluding carboxylic acids is 1. The van der Waals surface area contributed by atoms with E-state index in [0.717, 1.165) is 15.0 Å². The molecule has 1 atom stereocenters. The summed E-state index contributed by atoms with van der Waals surface area (Å²) >= 11 is 3.40.